The minimum atomic E-state index is -1.26. The van der Waals surface area contributed by atoms with E-state index in [1.165, 1.54) is 0 Å². The minimum absolute atomic E-state index is 0.0769. The number of hydrogen-bond acceptors (Lipinski definition) is 7. The fraction of sp³-hybridized carbons (Fsp3) is 0.312. The van der Waals surface area contributed by atoms with Gasteiger partial charge in [0, 0.05) is 42.6 Å². The number of ether oxygens (including phenoxy) is 3. The number of amides is 1. The van der Waals surface area contributed by atoms with Crippen LogP contribution in [0.1, 0.15) is 35.6 Å². The molecule has 3 aromatic carbocycles. The third-order valence-corrected chi connectivity index (χ3v) is 7.54. The molecule has 0 aliphatic carbocycles. The summed E-state index contributed by atoms with van der Waals surface area (Å²) in [5.74, 6) is 0.849. The highest BCUT2D eigenvalue weighted by Crippen LogP contribution is 2.43. The zero-order valence-electron chi connectivity index (χ0n) is 22.7. The second-order valence-corrected chi connectivity index (χ2v) is 10.8. The summed E-state index contributed by atoms with van der Waals surface area (Å²) in [7, 11) is 0. The maximum absolute atomic E-state index is 14.2. The number of aliphatic hydroxyl groups is 1. The lowest BCUT2D eigenvalue weighted by Crippen LogP contribution is -2.56. The van der Waals surface area contributed by atoms with Crippen molar-refractivity contribution in [1.29, 1.82) is 0 Å². The van der Waals surface area contributed by atoms with E-state index in [9.17, 15) is 4.79 Å². The predicted molar refractivity (Wildman–Crippen MR) is 162 cm³/mol. The van der Waals surface area contributed by atoms with Gasteiger partial charge in [-0.1, -0.05) is 70.5 Å². The van der Waals surface area contributed by atoms with E-state index in [2.05, 4.69) is 21.4 Å². The number of benzene rings is 3. The third-order valence-electron chi connectivity index (χ3n) is 7.01. The average molecular weight is 621 g/mol. The fourth-order valence-electron chi connectivity index (χ4n) is 4.81. The highest BCUT2D eigenvalue weighted by Gasteiger charge is 2.53. The average Bonchev–Trinajstić information content (AvgIpc) is 3.40. The Morgan fingerprint density at radius 3 is 2.51 bits per heavy atom. The molecular weight excluding hydrogens is 586 g/mol. The lowest BCUT2D eigenvalue weighted by atomic mass is 9.84. The van der Waals surface area contributed by atoms with E-state index < -0.39 is 11.6 Å². The number of hydrazine groups is 1. The van der Waals surface area contributed by atoms with E-state index in [4.69, 9.17) is 24.3 Å². The zero-order chi connectivity index (χ0) is 28.5. The molecule has 0 aromatic heterocycles. The van der Waals surface area contributed by atoms with E-state index in [-0.39, 0.29) is 12.5 Å². The summed E-state index contributed by atoms with van der Waals surface area (Å²) in [4.78, 5) is 19.3. The number of aliphatic imine (C=N–C) groups is 1. The molecule has 0 radical (unpaired) electrons. The molecule has 3 aromatic rings. The van der Waals surface area contributed by atoms with Crippen molar-refractivity contribution < 1.29 is 24.1 Å². The van der Waals surface area contributed by atoms with Gasteiger partial charge in [0.2, 0.25) is 5.90 Å². The molecule has 0 unspecified atom stereocenters. The molecule has 0 saturated carbocycles. The van der Waals surface area contributed by atoms with Gasteiger partial charge < -0.3 is 19.3 Å². The number of hydrogen-bond donors (Lipinski definition) is 2. The Hall–Kier alpha value is -3.50. The maximum Gasteiger partial charge on any atom is 0.266 e. The largest absolute Gasteiger partial charge is 0.494 e. The van der Waals surface area contributed by atoms with Crippen LogP contribution in [0, 0.1) is 0 Å². The number of carbonyl (C=O) groups excluding carboxylic acids is 1. The van der Waals surface area contributed by atoms with Crippen molar-refractivity contribution in [3.05, 3.63) is 106 Å². The van der Waals surface area contributed by atoms with Gasteiger partial charge in [0.1, 0.15) is 5.75 Å². The fourth-order valence-corrected chi connectivity index (χ4v) is 5.07. The molecule has 2 atom stereocenters. The molecule has 8 nitrogen and oxygen atoms in total. The van der Waals surface area contributed by atoms with Crippen LogP contribution in [0.3, 0.4) is 0 Å². The Kier molecular flexibility index (Phi) is 9.84. The van der Waals surface area contributed by atoms with E-state index in [1.807, 2.05) is 96.0 Å². The van der Waals surface area contributed by atoms with Crippen LogP contribution in [0.5, 0.6) is 5.75 Å². The van der Waals surface area contributed by atoms with Gasteiger partial charge in [-0.2, -0.15) is 0 Å². The Morgan fingerprint density at radius 2 is 1.80 bits per heavy atom. The Labute approximate surface area is 248 Å². The Morgan fingerprint density at radius 1 is 1.07 bits per heavy atom. The monoisotopic (exact) mass is 619 g/mol. The number of halogens is 1. The Bertz CT molecular complexity index is 1340. The van der Waals surface area contributed by atoms with E-state index in [0.717, 1.165) is 21.2 Å². The SMILES string of the molecule is O=C(NN1CCOCC1)[C@@]1(C/C=C/c2ccccc2)N=C(c2ccc(OCCCO)cc2)O[C@H]1c1ccc(Br)cc1. The summed E-state index contributed by atoms with van der Waals surface area (Å²) in [6.07, 6.45) is 4.23. The van der Waals surface area contributed by atoms with Gasteiger partial charge in [0.15, 0.2) is 11.6 Å². The van der Waals surface area contributed by atoms with Crippen LogP contribution in [-0.4, -0.2) is 67.0 Å². The smallest absolute Gasteiger partial charge is 0.266 e. The van der Waals surface area contributed by atoms with Crippen LogP contribution in [0.4, 0.5) is 0 Å². The molecule has 2 heterocycles. The van der Waals surface area contributed by atoms with Crippen molar-refractivity contribution in [2.24, 2.45) is 4.99 Å². The van der Waals surface area contributed by atoms with Crippen molar-refractivity contribution in [2.75, 3.05) is 39.5 Å². The molecule has 1 amide bonds. The minimum Gasteiger partial charge on any atom is -0.494 e. The van der Waals surface area contributed by atoms with E-state index >= 15 is 0 Å². The van der Waals surface area contributed by atoms with Gasteiger partial charge in [-0.25, -0.2) is 10.0 Å². The van der Waals surface area contributed by atoms with Gasteiger partial charge in [-0.15, -0.1) is 0 Å². The quantitative estimate of drug-likeness (QED) is 0.296. The highest BCUT2D eigenvalue weighted by atomic mass is 79.9. The summed E-state index contributed by atoms with van der Waals surface area (Å²) >= 11 is 3.52. The molecule has 1 saturated heterocycles. The molecule has 0 spiro atoms. The molecule has 5 rings (SSSR count). The van der Waals surface area contributed by atoms with E-state index in [0.29, 0.717) is 57.4 Å². The lowest BCUT2D eigenvalue weighted by Gasteiger charge is -2.34. The summed E-state index contributed by atoms with van der Waals surface area (Å²) in [6, 6.07) is 25.2. The van der Waals surface area contributed by atoms with Gasteiger partial charge in [-0.3, -0.25) is 10.2 Å². The van der Waals surface area contributed by atoms with Crippen LogP contribution in [0.25, 0.3) is 6.08 Å². The van der Waals surface area contributed by atoms with Crippen LogP contribution in [-0.2, 0) is 14.3 Å². The molecule has 0 bridgehead atoms. The van der Waals surface area contributed by atoms with Crippen LogP contribution >= 0.6 is 15.9 Å². The van der Waals surface area contributed by atoms with Crippen LogP contribution in [0.2, 0.25) is 0 Å². The van der Waals surface area contributed by atoms with Gasteiger partial charge in [-0.05, 0) is 47.5 Å². The topological polar surface area (TPSA) is 92.6 Å². The molecule has 2 N–H and O–H groups in total. The summed E-state index contributed by atoms with van der Waals surface area (Å²) in [6.45, 7) is 2.80. The molecule has 214 valence electrons. The number of morpholine rings is 1. The third kappa shape index (κ3) is 7.23. The molecule has 9 heteroatoms. The highest BCUT2D eigenvalue weighted by molar-refractivity contribution is 9.10. The first-order valence-corrected chi connectivity index (χ1v) is 14.6. The Balaban J connectivity index is 1.51. The first-order chi connectivity index (χ1) is 20.1. The number of rotatable bonds is 11. The standard InChI is InChI=1S/C32H34BrN3O5/c33-27-13-9-25(10-14-27)29-32(17-4-8-24-6-2-1-3-7-24,31(38)35-36-18-22-39-23-19-36)34-30(41-29)26-11-15-28(16-12-26)40-21-5-20-37/h1-4,6-16,29,37H,5,17-23H2,(H,35,38)/b8-4+/t29-,32-/m0/s1. The number of carbonyl (C=O) groups is 1. The lowest BCUT2D eigenvalue weighted by molar-refractivity contribution is -0.136. The number of aliphatic hydroxyl groups excluding tert-OH is 1. The summed E-state index contributed by atoms with van der Waals surface area (Å²) in [5.41, 5.74) is 4.49. The first-order valence-electron chi connectivity index (χ1n) is 13.8. The van der Waals surface area contributed by atoms with Crippen LogP contribution < -0.4 is 10.2 Å². The maximum atomic E-state index is 14.2. The summed E-state index contributed by atoms with van der Waals surface area (Å²) in [5, 5.41) is 10.9. The number of nitrogens with zero attached hydrogens (tertiary/aromatic N) is 2. The van der Waals surface area contributed by atoms with Gasteiger partial charge in [0.05, 0.1) is 19.8 Å². The van der Waals surface area contributed by atoms with Crippen LogP contribution in [0.15, 0.2) is 94.4 Å². The predicted octanol–water partition coefficient (Wildman–Crippen LogP) is 4.93. The second-order valence-electron chi connectivity index (χ2n) is 9.90. The molecular formula is C32H34BrN3O5. The first kappa shape index (κ1) is 29.0. The molecule has 1 fully saturated rings. The van der Waals surface area contributed by atoms with Crippen molar-refractivity contribution in [1.82, 2.24) is 10.4 Å². The molecule has 41 heavy (non-hydrogen) atoms. The van der Waals surface area contributed by atoms with E-state index in [1.54, 1.807) is 0 Å². The zero-order valence-corrected chi connectivity index (χ0v) is 24.3. The molecule has 2 aliphatic rings. The molecule has 2 aliphatic heterocycles. The van der Waals surface area contributed by atoms with Gasteiger partial charge in [0.25, 0.3) is 5.91 Å². The number of nitrogens with one attached hydrogen (secondary N) is 1. The van der Waals surface area contributed by atoms with Crippen molar-refractivity contribution in [3.63, 3.8) is 0 Å². The van der Waals surface area contributed by atoms with Gasteiger partial charge >= 0.3 is 0 Å². The second kappa shape index (κ2) is 13.9. The normalized spacial score (nSPS) is 20.9. The summed E-state index contributed by atoms with van der Waals surface area (Å²) < 4.78 is 18.7. The van der Waals surface area contributed by atoms with Crippen molar-refractivity contribution >= 4 is 33.8 Å². The van der Waals surface area contributed by atoms with Crippen molar-refractivity contribution in [3.8, 4) is 5.75 Å². The van der Waals surface area contributed by atoms with Crippen molar-refractivity contribution in [2.45, 2.75) is 24.5 Å².